The third kappa shape index (κ3) is 7.12. The van der Waals surface area contributed by atoms with E-state index in [0.717, 1.165) is 31.1 Å². The van der Waals surface area contributed by atoms with Crippen molar-refractivity contribution in [2.24, 2.45) is 0 Å². The zero-order chi connectivity index (χ0) is 19.9. The molecule has 1 fully saturated rings. The van der Waals surface area contributed by atoms with Crippen LogP contribution in [0, 0.1) is 0 Å². The molecule has 2 N–H and O–H groups in total. The summed E-state index contributed by atoms with van der Waals surface area (Å²) in [6, 6.07) is 7.83. The Morgan fingerprint density at radius 2 is 1.96 bits per heavy atom. The van der Waals surface area contributed by atoms with Gasteiger partial charge >= 0.3 is 0 Å². The molecule has 1 aliphatic heterocycles. The van der Waals surface area contributed by atoms with E-state index in [2.05, 4.69) is 21.9 Å². The standard InChI is InChI=1S/C19H31N3O4S/c1-15(2)27(24,25)20-11-5-4-6-19(23)21-17-7-9-18(10-8-17)22-12-13-26-16(3)14-22/h7-10,15-16,20H,4-6,11-14H2,1-3H3,(H,21,23)/t16-/m1/s1. The van der Waals surface area contributed by atoms with E-state index in [1.54, 1.807) is 13.8 Å². The van der Waals surface area contributed by atoms with Crippen LogP contribution in [0.2, 0.25) is 0 Å². The summed E-state index contributed by atoms with van der Waals surface area (Å²) in [7, 11) is -3.23. The fourth-order valence-corrected chi connectivity index (χ4v) is 3.59. The SMILES string of the molecule is CC(C)S(=O)(=O)NCCCCC(=O)Nc1ccc(N2CCO[C@H](C)C2)cc1. The third-order valence-electron chi connectivity index (χ3n) is 4.51. The minimum absolute atomic E-state index is 0.0607. The number of morpholine rings is 1. The lowest BCUT2D eigenvalue weighted by Gasteiger charge is -2.33. The first kappa shape index (κ1) is 21.7. The molecule has 1 aliphatic rings. The van der Waals surface area contributed by atoms with Crippen LogP contribution in [0.1, 0.15) is 40.0 Å². The molecule has 1 atom stereocenters. The van der Waals surface area contributed by atoms with Gasteiger partial charge in [-0.25, -0.2) is 13.1 Å². The van der Waals surface area contributed by atoms with E-state index < -0.39 is 15.3 Å². The Balaban J connectivity index is 1.70. The van der Waals surface area contributed by atoms with Gasteiger partial charge in [0.25, 0.3) is 0 Å². The van der Waals surface area contributed by atoms with Crippen molar-refractivity contribution >= 4 is 27.3 Å². The van der Waals surface area contributed by atoms with Gasteiger partial charge < -0.3 is 15.0 Å². The molecule has 1 aromatic rings. The largest absolute Gasteiger partial charge is 0.375 e. The molecule has 27 heavy (non-hydrogen) atoms. The molecule has 2 rings (SSSR count). The van der Waals surface area contributed by atoms with E-state index in [9.17, 15) is 13.2 Å². The minimum atomic E-state index is -3.23. The fourth-order valence-electron chi connectivity index (χ4n) is 2.82. The summed E-state index contributed by atoms with van der Waals surface area (Å²) in [6.45, 7) is 8.17. The van der Waals surface area contributed by atoms with Crippen molar-refractivity contribution in [1.29, 1.82) is 0 Å². The number of benzene rings is 1. The average molecular weight is 398 g/mol. The first-order chi connectivity index (χ1) is 12.8. The normalized spacial score (nSPS) is 17.9. The molecule has 0 saturated carbocycles. The summed E-state index contributed by atoms with van der Waals surface area (Å²) in [5.41, 5.74) is 1.89. The number of nitrogens with zero attached hydrogens (tertiary/aromatic N) is 1. The van der Waals surface area contributed by atoms with E-state index in [4.69, 9.17) is 4.74 Å². The molecule has 0 aromatic heterocycles. The number of rotatable bonds is 9. The monoisotopic (exact) mass is 397 g/mol. The van der Waals surface area contributed by atoms with E-state index in [-0.39, 0.29) is 12.0 Å². The number of unbranched alkanes of at least 4 members (excludes halogenated alkanes) is 1. The van der Waals surface area contributed by atoms with E-state index in [1.165, 1.54) is 0 Å². The lowest BCUT2D eigenvalue weighted by molar-refractivity contribution is -0.116. The van der Waals surface area contributed by atoms with Gasteiger partial charge in [-0.05, 0) is 57.9 Å². The molecule has 1 saturated heterocycles. The number of carbonyl (C=O) groups excluding carboxylic acids is 1. The number of nitrogens with one attached hydrogen (secondary N) is 2. The number of amides is 1. The highest BCUT2D eigenvalue weighted by Crippen LogP contribution is 2.20. The number of carbonyl (C=O) groups is 1. The maximum absolute atomic E-state index is 12.0. The Hall–Kier alpha value is -1.64. The molecular formula is C19H31N3O4S. The molecular weight excluding hydrogens is 366 g/mol. The number of anilines is 2. The first-order valence-electron chi connectivity index (χ1n) is 9.53. The summed E-state index contributed by atoms with van der Waals surface area (Å²) in [5, 5.41) is 2.45. The van der Waals surface area contributed by atoms with Gasteiger partial charge in [-0.3, -0.25) is 4.79 Å². The van der Waals surface area contributed by atoms with Crippen molar-refractivity contribution in [2.75, 3.05) is 36.5 Å². The summed E-state index contributed by atoms with van der Waals surface area (Å²) in [5.74, 6) is -0.0607. The lowest BCUT2D eigenvalue weighted by atomic mass is 10.2. The van der Waals surface area contributed by atoms with Gasteiger partial charge in [-0.2, -0.15) is 0 Å². The molecule has 1 amide bonds. The Labute approximate surface area is 162 Å². The predicted octanol–water partition coefficient (Wildman–Crippen LogP) is 2.35. The van der Waals surface area contributed by atoms with Crippen LogP contribution in [-0.4, -0.2) is 51.9 Å². The Kier molecular flexibility index (Phi) is 8.07. The van der Waals surface area contributed by atoms with Crippen molar-refractivity contribution in [3.8, 4) is 0 Å². The van der Waals surface area contributed by atoms with Gasteiger partial charge in [0.15, 0.2) is 0 Å². The van der Waals surface area contributed by atoms with E-state index >= 15 is 0 Å². The minimum Gasteiger partial charge on any atom is -0.375 e. The highest BCUT2D eigenvalue weighted by atomic mass is 32.2. The second-order valence-corrected chi connectivity index (χ2v) is 9.49. The number of hydrogen-bond donors (Lipinski definition) is 2. The van der Waals surface area contributed by atoms with Gasteiger partial charge in [0.05, 0.1) is 18.0 Å². The molecule has 7 nitrogen and oxygen atoms in total. The van der Waals surface area contributed by atoms with Crippen molar-refractivity contribution in [2.45, 2.75) is 51.4 Å². The van der Waals surface area contributed by atoms with Crippen molar-refractivity contribution < 1.29 is 17.9 Å². The van der Waals surface area contributed by atoms with Crippen LogP contribution in [0.5, 0.6) is 0 Å². The lowest BCUT2D eigenvalue weighted by Crippen LogP contribution is -2.41. The van der Waals surface area contributed by atoms with Crippen LogP contribution >= 0.6 is 0 Å². The van der Waals surface area contributed by atoms with E-state index in [1.807, 2.05) is 24.3 Å². The predicted molar refractivity (Wildman–Crippen MR) is 109 cm³/mol. The summed E-state index contributed by atoms with van der Waals surface area (Å²) < 4.78 is 31.4. The second kappa shape index (κ2) is 10.1. The van der Waals surface area contributed by atoms with Crippen LogP contribution in [0.4, 0.5) is 11.4 Å². The van der Waals surface area contributed by atoms with Gasteiger partial charge in [0.2, 0.25) is 15.9 Å². The molecule has 8 heteroatoms. The zero-order valence-corrected chi connectivity index (χ0v) is 17.2. The molecule has 0 aliphatic carbocycles. The number of sulfonamides is 1. The number of ether oxygens (including phenoxy) is 1. The van der Waals surface area contributed by atoms with Crippen LogP contribution in [0.15, 0.2) is 24.3 Å². The Morgan fingerprint density at radius 3 is 2.59 bits per heavy atom. The molecule has 1 heterocycles. The smallest absolute Gasteiger partial charge is 0.224 e. The summed E-state index contributed by atoms with van der Waals surface area (Å²) in [6.07, 6.45) is 1.86. The molecule has 0 spiro atoms. The van der Waals surface area contributed by atoms with E-state index in [0.29, 0.717) is 25.8 Å². The second-order valence-electron chi connectivity index (χ2n) is 7.17. The summed E-state index contributed by atoms with van der Waals surface area (Å²) >= 11 is 0. The molecule has 152 valence electrons. The van der Waals surface area contributed by atoms with Gasteiger partial charge in [-0.1, -0.05) is 0 Å². The molecule has 0 unspecified atom stereocenters. The fraction of sp³-hybridized carbons (Fsp3) is 0.632. The van der Waals surface area contributed by atoms with Crippen LogP contribution in [-0.2, 0) is 19.6 Å². The van der Waals surface area contributed by atoms with Crippen LogP contribution < -0.4 is 14.9 Å². The van der Waals surface area contributed by atoms with Crippen molar-refractivity contribution in [3.05, 3.63) is 24.3 Å². The quantitative estimate of drug-likeness (QED) is 0.625. The first-order valence-corrected chi connectivity index (χ1v) is 11.1. The maximum Gasteiger partial charge on any atom is 0.224 e. The van der Waals surface area contributed by atoms with Crippen molar-refractivity contribution in [1.82, 2.24) is 4.72 Å². The van der Waals surface area contributed by atoms with Gasteiger partial charge in [-0.15, -0.1) is 0 Å². The molecule has 0 radical (unpaired) electrons. The zero-order valence-electron chi connectivity index (χ0n) is 16.4. The van der Waals surface area contributed by atoms with Crippen LogP contribution in [0.3, 0.4) is 0 Å². The highest BCUT2D eigenvalue weighted by molar-refractivity contribution is 7.90. The van der Waals surface area contributed by atoms with Gasteiger partial charge in [0, 0.05) is 37.4 Å². The van der Waals surface area contributed by atoms with Crippen molar-refractivity contribution in [3.63, 3.8) is 0 Å². The Morgan fingerprint density at radius 1 is 1.26 bits per heavy atom. The van der Waals surface area contributed by atoms with Gasteiger partial charge in [0.1, 0.15) is 0 Å². The van der Waals surface area contributed by atoms with Crippen LogP contribution in [0.25, 0.3) is 0 Å². The summed E-state index contributed by atoms with van der Waals surface area (Å²) in [4.78, 5) is 14.3. The topological polar surface area (TPSA) is 87.7 Å². The maximum atomic E-state index is 12.0. The average Bonchev–Trinajstić information content (AvgIpc) is 2.62. The number of hydrogen-bond acceptors (Lipinski definition) is 5. The Bertz CT molecular complexity index is 704. The molecule has 1 aromatic carbocycles. The highest BCUT2D eigenvalue weighted by Gasteiger charge is 2.17. The molecule has 0 bridgehead atoms. The third-order valence-corrected chi connectivity index (χ3v) is 6.36.